The zero-order valence-electron chi connectivity index (χ0n) is 10.7. The number of rotatable bonds is 4. The fraction of sp³-hybridized carbons (Fsp3) is 0.571. The number of ether oxygens (including phenoxy) is 1. The molecule has 0 saturated carbocycles. The second kappa shape index (κ2) is 6.78. The maximum absolute atomic E-state index is 6.36. The van der Waals surface area contributed by atoms with Crippen LogP contribution in [0.25, 0.3) is 0 Å². The van der Waals surface area contributed by atoms with Crippen molar-refractivity contribution in [3.63, 3.8) is 0 Å². The average molecular weight is 333 g/mol. The van der Waals surface area contributed by atoms with Crippen LogP contribution in [0.4, 0.5) is 5.69 Å². The second-order valence-corrected chi connectivity index (χ2v) is 5.51. The second-order valence-electron chi connectivity index (χ2n) is 4.55. The molecule has 2 rings (SSSR count). The molecule has 1 unspecified atom stereocenters. The Morgan fingerprint density at radius 1 is 1.50 bits per heavy atom. The lowest BCUT2D eigenvalue weighted by molar-refractivity contribution is 0.0526. The van der Waals surface area contributed by atoms with Gasteiger partial charge in [0, 0.05) is 25.0 Å². The predicted octanol–water partition coefficient (Wildman–Crippen LogP) is 4.24. The predicted molar refractivity (Wildman–Crippen MR) is 80.9 cm³/mol. The van der Waals surface area contributed by atoms with Crippen LogP contribution in [0.5, 0.6) is 0 Å². The van der Waals surface area contributed by atoms with Crippen LogP contribution < -0.4 is 4.90 Å². The van der Waals surface area contributed by atoms with Gasteiger partial charge in [-0.15, -0.1) is 0 Å². The van der Waals surface area contributed by atoms with E-state index in [9.17, 15) is 0 Å². The molecule has 4 heteroatoms. The lowest BCUT2D eigenvalue weighted by Gasteiger charge is -2.35. The SMILES string of the molecule is CCOC1CCCN(c2c(Cl)cccc2CBr)C1. The highest BCUT2D eigenvalue weighted by atomic mass is 79.9. The van der Waals surface area contributed by atoms with Gasteiger partial charge in [-0.05, 0) is 31.4 Å². The lowest BCUT2D eigenvalue weighted by atomic mass is 10.1. The van der Waals surface area contributed by atoms with E-state index in [1.807, 2.05) is 12.1 Å². The molecule has 0 spiro atoms. The van der Waals surface area contributed by atoms with E-state index < -0.39 is 0 Å². The molecular weight excluding hydrogens is 314 g/mol. The number of nitrogens with zero attached hydrogens (tertiary/aromatic N) is 1. The van der Waals surface area contributed by atoms with Gasteiger partial charge in [-0.1, -0.05) is 39.7 Å². The van der Waals surface area contributed by atoms with E-state index in [1.165, 1.54) is 11.3 Å². The summed E-state index contributed by atoms with van der Waals surface area (Å²) in [5.74, 6) is 0. The summed E-state index contributed by atoms with van der Waals surface area (Å²) in [6.07, 6.45) is 2.65. The van der Waals surface area contributed by atoms with Gasteiger partial charge < -0.3 is 9.64 Å². The number of hydrogen-bond donors (Lipinski definition) is 0. The van der Waals surface area contributed by atoms with Crippen molar-refractivity contribution in [1.82, 2.24) is 0 Å². The normalized spacial score (nSPS) is 20.2. The van der Waals surface area contributed by atoms with Crippen molar-refractivity contribution in [1.29, 1.82) is 0 Å². The van der Waals surface area contributed by atoms with Gasteiger partial charge in [0.25, 0.3) is 0 Å². The molecule has 0 aromatic heterocycles. The molecular formula is C14H19BrClNO. The van der Waals surface area contributed by atoms with E-state index in [2.05, 4.69) is 33.8 Å². The van der Waals surface area contributed by atoms with Crippen molar-refractivity contribution in [3.8, 4) is 0 Å². The first-order valence-electron chi connectivity index (χ1n) is 6.46. The Labute approximate surface area is 122 Å². The number of piperidine rings is 1. The third-order valence-corrected chi connectivity index (χ3v) is 4.22. The van der Waals surface area contributed by atoms with E-state index in [1.54, 1.807) is 0 Å². The first kappa shape index (κ1) is 14.2. The number of benzene rings is 1. The Kier molecular flexibility index (Phi) is 5.34. The minimum absolute atomic E-state index is 0.336. The topological polar surface area (TPSA) is 12.5 Å². The maximum atomic E-state index is 6.36. The third kappa shape index (κ3) is 3.19. The zero-order valence-corrected chi connectivity index (χ0v) is 13.0. The van der Waals surface area contributed by atoms with Crippen molar-refractivity contribution >= 4 is 33.2 Å². The molecule has 18 heavy (non-hydrogen) atoms. The number of anilines is 1. The minimum Gasteiger partial charge on any atom is -0.377 e. The molecule has 100 valence electrons. The molecule has 0 bridgehead atoms. The van der Waals surface area contributed by atoms with Crippen molar-refractivity contribution < 1.29 is 4.74 Å². The molecule has 2 nitrogen and oxygen atoms in total. The van der Waals surface area contributed by atoms with Gasteiger partial charge in [0.15, 0.2) is 0 Å². The van der Waals surface area contributed by atoms with Gasteiger partial charge in [0.05, 0.1) is 16.8 Å². The molecule has 1 aromatic rings. The summed E-state index contributed by atoms with van der Waals surface area (Å²) in [6.45, 7) is 4.84. The molecule has 0 N–H and O–H groups in total. The molecule has 1 aliphatic heterocycles. The number of hydrogen-bond acceptors (Lipinski definition) is 2. The number of para-hydroxylation sites is 1. The minimum atomic E-state index is 0.336. The lowest BCUT2D eigenvalue weighted by Crippen LogP contribution is -2.40. The van der Waals surface area contributed by atoms with Crippen molar-refractivity contribution in [2.24, 2.45) is 0 Å². The number of alkyl halides is 1. The molecule has 1 aliphatic rings. The Bertz CT molecular complexity index is 397. The fourth-order valence-electron chi connectivity index (χ4n) is 2.54. The first-order chi connectivity index (χ1) is 8.76. The molecule has 0 amide bonds. The zero-order chi connectivity index (χ0) is 13.0. The molecule has 1 fully saturated rings. The standard InChI is InChI=1S/C14H19BrClNO/c1-2-18-12-6-4-8-17(10-12)14-11(9-15)5-3-7-13(14)16/h3,5,7,12H,2,4,6,8-10H2,1H3. The molecule has 1 saturated heterocycles. The molecule has 0 radical (unpaired) electrons. The monoisotopic (exact) mass is 331 g/mol. The van der Waals surface area contributed by atoms with Crippen molar-refractivity contribution in [2.75, 3.05) is 24.6 Å². The van der Waals surface area contributed by atoms with E-state index in [0.29, 0.717) is 6.10 Å². The van der Waals surface area contributed by atoms with Gasteiger partial charge in [0.2, 0.25) is 0 Å². The Morgan fingerprint density at radius 3 is 3.06 bits per heavy atom. The summed E-state index contributed by atoms with van der Waals surface area (Å²) in [7, 11) is 0. The maximum Gasteiger partial charge on any atom is 0.0750 e. The smallest absolute Gasteiger partial charge is 0.0750 e. The Balaban J connectivity index is 2.20. The van der Waals surface area contributed by atoms with Crippen LogP contribution in [0, 0.1) is 0 Å². The Hall–Kier alpha value is -0.250. The third-order valence-electron chi connectivity index (χ3n) is 3.31. The van der Waals surface area contributed by atoms with Crippen LogP contribution >= 0.6 is 27.5 Å². The van der Waals surface area contributed by atoms with Gasteiger partial charge in [-0.25, -0.2) is 0 Å². The number of halogens is 2. The van der Waals surface area contributed by atoms with E-state index in [-0.39, 0.29) is 0 Å². The van der Waals surface area contributed by atoms with Crippen LogP contribution in [-0.4, -0.2) is 25.8 Å². The molecule has 0 aliphatic carbocycles. The van der Waals surface area contributed by atoms with E-state index in [4.69, 9.17) is 16.3 Å². The Morgan fingerprint density at radius 2 is 2.33 bits per heavy atom. The van der Waals surface area contributed by atoms with Crippen molar-refractivity contribution in [3.05, 3.63) is 28.8 Å². The fourth-order valence-corrected chi connectivity index (χ4v) is 3.30. The van der Waals surface area contributed by atoms with Gasteiger partial charge in [-0.3, -0.25) is 0 Å². The van der Waals surface area contributed by atoms with Crippen LogP contribution in [-0.2, 0) is 10.1 Å². The molecule has 1 aromatic carbocycles. The highest BCUT2D eigenvalue weighted by Crippen LogP contribution is 2.33. The summed E-state index contributed by atoms with van der Waals surface area (Å²) in [6, 6.07) is 6.10. The average Bonchev–Trinajstić information content (AvgIpc) is 2.39. The largest absolute Gasteiger partial charge is 0.377 e. The summed E-state index contributed by atoms with van der Waals surface area (Å²) < 4.78 is 5.75. The van der Waals surface area contributed by atoms with Crippen LogP contribution in [0.2, 0.25) is 5.02 Å². The highest BCUT2D eigenvalue weighted by molar-refractivity contribution is 9.08. The van der Waals surface area contributed by atoms with Crippen molar-refractivity contribution in [2.45, 2.75) is 31.2 Å². The summed E-state index contributed by atoms with van der Waals surface area (Å²) in [5, 5.41) is 1.67. The van der Waals surface area contributed by atoms with E-state index in [0.717, 1.165) is 42.9 Å². The quantitative estimate of drug-likeness (QED) is 0.765. The molecule has 1 heterocycles. The van der Waals surface area contributed by atoms with Crippen LogP contribution in [0.15, 0.2) is 18.2 Å². The van der Waals surface area contributed by atoms with E-state index >= 15 is 0 Å². The van der Waals surface area contributed by atoms with Gasteiger partial charge in [0.1, 0.15) is 0 Å². The van der Waals surface area contributed by atoms with Gasteiger partial charge in [-0.2, -0.15) is 0 Å². The summed E-state index contributed by atoms with van der Waals surface area (Å²) in [5.41, 5.74) is 2.42. The summed E-state index contributed by atoms with van der Waals surface area (Å²) >= 11 is 9.90. The first-order valence-corrected chi connectivity index (χ1v) is 7.96. The highest BCUT2D eigenvalue weighted by Gasteiger charge is 2.23. The molecule has 1 atom stereocenters. The van der Waals surface area contributed by atoms with Gasteiger partial charge >= 0.3 is 0 Å². The van der Waals surface area contributed by atoms with Crippen LogP contribution in [0.1, 0.15) is 25.3 Å². The summed E-state index contributed by atoms with van der Waals surface area (Å²) in [4.78, 5) is 2.36. The van der Waals surface area contributed by atoms with Crippen LogP contribution in [0.3, 0.4) is 0 Å².